The molecule has 0 bridgehead atoms. The molecule has 1 unspecified atom stereocenters. The molecule has 1 N–H and O–H groups in total. The van der Waals surface area contributed by atoms with Gasteiger partial charge in [-0.3, -0.25) is 10.0 Å². The zero-order chi connectivity index (χ0) is 14.2. The summed E-state index contributed by atoms with van der Waals surface area (Å²) in [4.78, 5) is 13.4. The minimum absolute atomic E-state index is 0.0433. The molecule has 1 heterocycles. The Morgan fingerprint density at radius 3 is 2.79 bits per heavy atom. The zero-order valence-corrected chi connectivity index (χ0v) is 11.3. The summed E-state index contributed by atoms with van der Waals surface area (Å²) in [7, 11) is 3.35. The zero-order valence-electron chi connectivity index (χ0n) is 10.6. The highest BCUT2D eigenvalue weighted by molar-refractivity contribution is 6.31. The molecule has 0 aromatic heterocycles. The van der Waals surface area contributed by atoms with Crippen LogP contribution in [0.5, 0.6) is 5.75 Å². The van der Waals surface area contributed by atoms with Crippen molar-refractivity contribution in [3.8, 4) is 5.75 Å². The van der Waals surface area contributed by atoms with Crippen molar-refractivity contribution in [1.82, 2.24) is 4.90 Å². The van der Waals surface area contributed by atoms with Crippen molar-refractivity contribution in [3.63, 3.8) is 0 Å². The Kier molecular flexibility index (Phi) is 3.84. The number of fused-ring (bicyclic) bond motifs is 1. The molecule has 1 aromatic carbocycles. The lowest BCUT2D eigenvalue weighted by Gasteiger charge is -2.31. The van der Waals surface area contributed by atoms with Crippen molar-refractivity contribution < 1.29 is 14.7 Å². The summed E-state index contributed by atoms with van der Waals surface area (Å²) in [5.74, 6) is -0.0764. The molecule has 0 fully saturated rings. The number of halogens is 1. The summed E-state index contributed by atoms with van der Waals surface area (Å²) in [6.07, 6.45) is 0.424. The Labute approximate surface area is 115 Å². The molecule has 6 nitrogen and oxygen atoms in total. The molecule has 1 atom stereocenters. The maximum atomic E-state index is 11.9. The van der Waals surface area contributed by atoms with Gasteiger partial charge in [-0.25, -0.2) is 0 Å². The first kappa shape index (κ1) is 13.9. The van der Waals surface area contributed by atoms with Crippen LogP contribution in [0, 0.1) is 11.1 Å². The van der Waals surface area contributed by atoms with Gasteiger partial charge in [0, 0.05) is 19.1 Å². The van der Waals surface area contributed by atoms with Crippen molar-refractivity contribution in [2.45, 2.75) is 6.42 Å². The van der Waals surface area contributed by atoms with Gasteiger partial charge in [-0.1, -0.05) is 11.6 Å². The van der Waals surface area contributed by atoms with E-state index < -0.39 is 0 Å². The molecule has 0 radical (unpaired) electrons. The summed E-state index contributed by atoms with van der Waals surface area (Å²) in [5, 5.41) is 20.1. The minimum Gasteiger partial charge on any atom is -0.733 e. The second kappa shape index (κ2) is 5.24. The number of rotatable bonds is 2. The molecular weight excluding hydrogens is 272 g/mol. The molecule has 1 amide bonds. The van der Waals surface area contributed by atoms with Crippen LogP contribution < -0.4 is 9.96 Å². The first-order chi connectivity index (χ1) is 8.90. The highest BCUT2D eigenvalue weighted by Gasteiger charge is 2.29. The van der Waals surface area contributed by atoms with Gasteiger partial charge in [0.1, 0.15) is 12.4 Å². The Bertz CT molecular complexity index is 505. The van der Waals surface area contributed by atoms with Gasteiger partial charge < -0.3 is 20.1 Å². The summed E-state index contributed by atoms with van der Waals surface area (Å²) in [5.41, 5.74) is 0.599. The van der Waals surface area contributed by atoms with Gasteiger partial charge in [-0.2, -0.15) is 0 Å². The third kappa shape index (κ3) is 2.75. The maximum Gasteiger partial charge on any atom is 0.228 e. The van der Waals surface area contributed by atoms with E-state index in [-0.39, 0.29) is 35.1 Å². The number of hydrogen-bond donors (Lipinski definition) is 1. The number of amides is 1. The minimum atomic E-state index is -0.312. The Morgan fingerprint density at radius 1 is 1.53 bits per heavy atom. The predicted octanol–water partition coefficient (Wildman–Crippen LogP) is 1.67. The largest absolute Gasteiger partial charge is 0.733 e. The monoisotopic (exact) mass is 285 g/mol. The van der Waals surface area contributed by atoms with Gasteiger partial charge >= 0.3 is 0 Å². The number of benzene rings is 1. The molecular formula is C12H14ClN2O4-. The van der Waals surface area contributed by atoms with Crippen LogP contribution in [0.2, 0.25) is 5.02 Å². The van der Waals surface area contributed by atoms with Gasteiger partial charge in [0.2, 0.25) is 5.91 Å². The number of hydrogen-bond acceptors (Lipinski definition) is 5. The van der Waals surface area contributed by atoms with Crippen LogP contribution in [0.1, 0.15) is 5.56 Å². The molecule has 1 aliphatic rings. The van der Waals surface area contributed by atoms with E-state index >= 15 is 0 Å². The maximum absolute atomic E-state index is 11.9. The average molecular weight is 286 g/mol. The van der Waals surface area contributed by atoms with E-state index in [1.54, 1.807) is 20.2 Å². The van der Waals surface area contributed by atoms with E-state index in [9.17, 15) is 10.0 Å². The number of ether oxygens (including phenoxy) is 1. The van der Waals surface area contributed by atoms with E-state index in [1.165, 1.54) is 11.0 Å². The van der Waals surface area contributed by atoms with Gasteiger partial charge in [-0.15, -0.1) is 0 Å². The predicted molar refractivity (Wildman–Crippen MR) is 70.5 cm³/mol. The molecule has 104 valence electrons. The van der Waals surface area contributed by atoms with E-state index in [0.29, 0.717) is 17.0 Å². The highest BCUT2D eigenvalue weighted by Crippen LogP contribution is 2.39. The molecule has 0 aliphatic carbocycles. The quantitative estimate of drug-likeness (QED) is 0.837. The van der Waals surface area contributed by atoms with Crippen LogP contribution in [-0.2, 0) is 11.2 Å². The van der Waals surface area contributed by atoms with Crippen molar-refractivity contribution in [2.75, 3.05) is 25.9 Å². The fraction of sp³-hybridized carbons (Fsp3) is 0.417. The van der Waals surface area contributed by atoms with Crippen LogP contribution in [0.25, 0.3) is 0 Å². The lowest BCUT2D eigenvalue weighted by molar-refractivity contribution is -0.134. The van der Waals surface area contributed by atoms with Crippen LogP contribution in [0.4, 0.5) is 5.69 Å². The normalized spacial score (nSPS) is 17.4. The lowest BCUT2D eigenvalue weighted by atomic mass is 9.95. The van der Waals surface area contributed by atoms with E-state index in [1.807, 2.05) is 0 Å². The number of nitrogens with zero attached hydrogens (tertiary/aromatic N) is 2. The fourth-order valence-corrected chi connectivity index (χ4v) is 2.36. The summed E-state index contributed by atoms with van der Waals surface area (Å²) in [6.45, 7) is 0.173. The van der Waals surface area contributed by atoms with Crippen molar-refractivity contribution >= 4 is 23.2 Å². The first-order valence-electron chi connectivity index (χ1n) is 5.72. The van der Waals surface area contributed by atoms with Crippen molar-refractivity contribution in [1.29, 1.82) is 0 Å². The van der Waals surface area contributed by atoms with Crippen LogP contribution in [0.3, 0.4) is 0 Å². The first-order valence-corrected chi connectivity index (χ1v) is 6.10. The standard InChI is InChI=1S/C12H14ClN2O4/c1-14(2)12(16)8-3-7-4-9(13)5-10(15(17)18)11(7)19-6-8/h4-5,8,17H,3,6H2,1-2H3/q-1. The van der Waals surface area contributed by atoms with Gasteiger partial charge in [0.05, 0.1) is 11.6 Å². The van der Waals surface area contributed by atoms with E-state index in [2.05, 4.69) is 0 Å². The molecule has 1 aliphatic heterocycles. The Morgan fingerprint density at radius 2 is 2.21 bits per heavy atom. The summed E-state index contributed by atoms with van der Waals surface area (Å²) < 4.78 is 5.45. The molecule has 0 saturated carbocycles. The second-order valence-corrected chi connectivity index (χ2v) is 5.07. The van der Waals surface area contributed by atoms with Gasteiger partial charge in [-0.05, 0) is 24.1 Å². The van der Waals surface area contributed by atoms with Crippen molar-refractivity contribution in [3.05, 3.63) is 27.9 Å². The van der Waals surface area contributed by atoms with Crippen molar-refractivity contribution in [2.24, 2.45) is 5.92 Å². The topological polar surface area (TPSA) is 76.1 Å². The molecule has 0 spiro atoms. The second-order valence-electron chi connectivity index (χ2n) is 4.63. The highest BCUT2D eigenvalue weighted by atomic mass is 35.5. The van der Waals surface area contributed by atoms with E-state index in [4.69, 9.17) is 21.5 Å². The smallest absolute Gasteiger partial charge is 0.228 e. The number of carbonyl (C=O) groups excluding carboxylic acids is 1. The number of anilines is 1. The van der Waals surface area contributed by atoms with E-state index in [0.717, 1.165) is 0 Å². The summed E-state index contributed by atoms with van der Waals surface area (Å²) in [6, 6.07) is 2.96. The Hall–Kier alpha value is -1.50. The molecule has 1 aromatic rings. The van der Waals surface area contributed by atoms with Gasteiger partial charge in [0.25, 0.3) is 0 Å². The van der Waals surface area contributed by atoms with Gasteiger partial charge in [0.15, 0.2) is 0 Å². The SMILES string of the molecule is CN(C)C(=O)C1COc2c(cc(Cl)cc2N([O-])O)C1. The van der Waals surface area contributed by atoms with Crippen LogP contribution in [0.15, 0.2) is 12.1 Å². The molecule has 2 rings (SSSR count). The fourth-order valence-electron chi connectivity index (χ4n) is 2.13. The third-order valence-corrected chi connectivity index (χ3v) is 3.22. The summed E-state index contributed by atoms with van der Waals surface area (Å²) >= 11 is 5.89. The molecule has 7 heteroatoms. The average Bonchev–Trinajstić information content (AvgIpc) is 2.35. The lowest BCUT2D eigenvalue weighted by Crippen LogP contribution is -2.36. The Balaban J connectivity index is 2.33. The van der Waals surface area contributed by atoms with Crippen LogP contribution >= 0.6 is 11.6 Å². The molecule has 19 heavy (non-hydrogen) atoms. The molecule has 0 saturated heterocycles. The number of carbonyl (C=O) groups is 1. The third-order valence-electron chi connectivity index (χ3n) is 3.00. The van der Waals surface area contributed by atoms with Crippen LogP contribution in [-0.4, -0.2) is 36.7 Å².